The number of halogens is 3. The Balaban J connectivity index is 2.26. The van der Waals surface area contributed by atoms with Gasteiger partial charge in [-0.15, -0.1) is 0 Å². The molecule has 19 heavy (non-hydrogen) atoms. The van der Waals surface area contributed by atoms with E-state index in [9.17, 15) is 13.2 Å². The highest BCUT2D eigenvalue weighted by atomic mass is 19.4. The molecular weight excluding hydrogens is 259 g/mol. The first-order valence-corrected chi connectivity index (χ1v) is 5.97. The minimum Gasteiger partial charge on any atom is -0.483 e. The lowest BCUT2D eigenvalue weighted by Crippen LogP contribution is -2.40. The molecule has 0 bridgehead atoms. The van der Waals surface area contributed by atoms with Gasteiger partial charge in [-0.05, 0) is 19.9 Å². The van der Waals surface area contributed by atoms with Crippen LogP contribution in [0.25, 0.3) is 0 Å². The maximum Gasteiger partial charge on any atom is 0.426 e. The van der Waals surface area contributed by atoms with Crippen molar-refractivity contribution >= 4 is 0 Å². The van der Waals surface area contributed by atoms with Crippen molar-refractivity contribution in [3.8, 4) is 11.5 Å². The molecule has 1 unspecified atom stereocenters. The molecule has 1 aromatic rings. The molecule has 2 rings (SSSR count). The van der Waals surface area contributed by atoms with E-state index in [0.717, 1.165) is 5.56 Å². The van der Waals surface area contributed by atoms with Gasteiger partial charge < -0.3 is 15.2 Å². The van der Waals surface area contributed by atoms with Crippen LogP contribution in [0.1, 0.15) is 19.4 Å². The van der Waals surface area contributed by atoms with Gasteiger partial charge in [0.25, 0.3) is 0 Å². The molecule has 0 saturated heterocycles. The van der Waals surface area contributed by atoms with Crippen molar-refractivity contribution in [3.05, 3.63) is 23.8 Å². The second kappa shape index (κ2) is 4.59. The Morgan fingerprint density at radius 3 is 2.68 bits per heavy atom. The Morgan fingerprint density at radius 2 is 2.11 bits per heavy atom. The monoisotopic (exact) mass is 275 g/mol. The van der Waals surface area contributed by atoms with E-state index in [1.807, 2.05) is 19.9 Å². The molecule has 1 atom stereocenters. The highest BCUT2D eigenvalue weighted by Crippen LogP contribution is 2.42. The summed E-state index contributed by atoms with van der Waals surface area (Å²) in [5.74, 6) is 0.478. The van der Waals surface area contributed by atoms with Crippen LogP contribution < -0.4 is 15.2 Å². The Hall–Kier alpha value is -1.43. The maximum absolute atomic E-state index is 12.7. The summed E-state index contributed by atoms with van der Waals surface area (Å²) >= 11 is 0. The zero-order chi connectivity index (χ0) is 14.3. The third-order valence-corrected chi connectivity index (χ3v) is 2.90. The number of benzene rings is 1. The molecule has 0 saturated carbocycles. The molecule has 0 aliphatic carbocycles. The zero-order valence-corrected chi connectivity index (χ0v) is 10.8. The summed E-state index contributed by atoms with van der Waals surface area (Å²) in [5.41, 5.74) is 5.53. The van der Waals surface area contributed by atoms with E-state index in [4.69, 9.17) is 15.2 Å². The quantitative estimate of drug-likeness (QED) is 0.922. The Labute approximate surface area is 109 Å². The van der Waals surface area contributed by atoms with Gasteiger partial charge in [-0.25, -0.2) is 0 Å². The molecule has 3 nitrogen and oxygen atoms in total. The molecule has 0 amide bonds. The van der Waals surface area contributed by atoms with E-state index in [0.29, 0.717) is 12.2 Å². The summed E-state index contributed by atoms with van der Waals surface area (Å²) in [6, 6.07) is 4.94. The van der Waals surface area contributed by atoms with Gasteiger partial charge in [0, 0.05) is 18.5 Å². The van der Waals surface area contributed by atoms with Crippen molar-refractivity contribution in [1.82, 2.24) is 0 Å². The van der Waals surface area contributed by atoms with E-state index in [-0.39, 0.29) is 5.75 Å². The van der Waals surface area contributed by atoms with Gasteiger partial charge in [0.15, 0.2) is 11.5 Å². The van der Waals surface area contributed by atoms with E-state index >= 15 is 0 Å². The van der Waals surface area contributed by atoms with E-state index < -0.39 is 24.4 Å². The highest BCUT2D eigenvalue weighted by Gasteiger charge is 2.42. The minimum absolute atomic E-state index is 0.0934. The molecule has 2 N–H and O–H groups in total. The van der Waals surface area contributed by atoms with Gasteiger partial charge in [-0.1, -0.05) is 12.1 Å². The lowest BCUT2D eigenvalue weighted by molar-refractivity contribution is -0.191. The van der Waals surface area contributed by atoms with Gasteiger partial charge in [0.05, 0.1) is 0 Å². The standard InChI is InChI=1S/C13H16F3NO2/c1-12(2)6-8-4-3-5-9(11(8)19-12)18-10(7-17)13(14,15)16/h3-5,10H,6-7,17H2,1-2H3. The summed E-state index contributed by atoms with van der Waals surface area (Å²) < 4.78 is 48.6. The first kappa shape index (κ1) is 14.0. The summed E-state index contributed by atoms with van der Waals surface area (Å²) in [6.45, 7) is 3.12. The maximum atomic E-state index is 12.7. The van der Waals surface area contributed by atoms with E-state index in [1.54, 1.807) is 6.07 Å². The Morgan fingerprint density at radius 1 is 1.42 bits per heavy atom. The normalized spacial score (nSPS) is 18.6. The fourth-order valence-electron chi connectivity index (χ4n) is 2.08. The van der Waals surface area contributed by atoms with Crippen molar-refractivity contribution in [1.29, 1.82) is 0 Å². The molecule has 106 valence electrons. The van der Waals surface area contributed by atoms with Gasteiger partial charge in [0.2, 0.25) is 6.10 Å². The first-order valence-electron chi connectivity index (χ1n) is 5.97. The molecule has 0 aromatic heterocycles. The van der Waals surface area contributed by atoms with E-state index in [1.165, 1.54) is 6.07 Å². The van der Waals surface area contributed by atoms with Gasteiger partial charge in [-0.3, -0.25) is 0 Å². The SMILES string of the molecule is CC1(C)Cc2cccc(OC(CN)C(F)(F)F)c2O1. The average molecular weight is 275 g/mol. The van der Waals surface area contributed by atoms with Gasteiger partial charge >= 0.3 is 6.18 Å². The van der Waals surface area contributed by atoms with Gasteiger partial charge in [0.1, 0.15) is 5.60 Å². The first-order chi connectivity index (χ1) is 8.73. The van der Waals surface area contributed by atoms with Crippen LogP contribution in [-0.4, -0.2) is 24.4 Å². The van der Waals surface area contributed by atoms with Crippen molar-refractivity contribution < 1.29 is 22.6 Å². The Bertz CT molecular complexity index is 471. The molecule has 0 radical (unpaired) electrons. The number of hydrogen-bond acceptors (Lipinski definition) is 3. The largest absolute Gasteiger partial charge is 0.483 e. The summed E-state index contributed by atoms with van der Waals surface area (Å²) in [7, 11) is 0. The molecule has 0 fully saturated rings. The predicted molar refractivity (Wildman–Crippen MR) is 64.4 cm³/mol. The zero-order valence-electron chi connectivity index (χ0n) is 10.8. The van der Waals surface area contributed by atoms with Crippen LogP contribution in [0.15, 0.2) is 18.2 Å². The lowest BCUT2D eigenvalue weighted by Gasteiger charge is -2.22. The number of nitrogens with two attached hydrogens (primary N) is 1. The summed E-state index contributed by atoms with van der Waals surface area (Å²) in [4.78, 5) is 0. The molecule has 6 heteroatoms. The number of para-hydroxylation sites is 1. The number of alkyl halides is 3. The lowest BCUT2D eigenvalue weighted by atomic mass is 10.0. The molecule has 1 aliphatic heterocycles. The molecule has 1 aliphatic rings. The van der Waals surface area contributed by atoms with Crippen molar-refractivity contribution in [2.45, 2.75) is 38.1 Å². The van der Waals surface area contributed by atoms with Crippen LogP contribution in [0.2, 0.25) is 0 Å². The fourth-order valence-corrected chi connectivity index (χ4v) is 2.08. The molecule has 1 aromatic carbocycles. The number of rotatable bonds is 3. The Kier molecular flexibility index (Phi) is 3.38. The van der Waals surface area contributed by atoms with Crippen molar-refractivity contribution in [2.24, 2.45) is 5.73 Å². The predicted octanol–water partition coefficient (Wildman–Crippen LogP) is 2.67. The van der Waals surface area contributed by atoms with E-state index in [2.05, 4.69) is 0 Å². The third kappa shape index (κ3) is 2.94. The van der Waals surface area contributed by atoms with Crippen LogP contribution in [0.4, 0.5) is 13.2 Å². The topological polar surface area (TPSA) is 44.5 Å². The third-order valence-electron chi connectivity index (χ3n) is 2.90. The van der Waals surface area contributed by atoms with Crippen LogP contribution in [-0.2, 0) is 6.42 Å². The number of hydrogen-bond donors (Lipinski definition) is 1. The van der Waals surface area contributed by atoms with Crippen molar-refractivity contribution in [2.75, 3.05) is 6.54 Å². The molecular formula is C13H16F3NO2. The van der Waals surface area contributed by atoms with Gasteiger partial charge in [-0.2, -0.15) is 13.2 Å². The average Bonchev–Trinajstić information content (AvgIpc) is 2.58. The van der Waals surface area contributed by atoms with Crippen LogP contribution in [0, 0.1) is 0 Å². The summed E-state index contributed by atoms with van der Waals surface area (Å²) in [5, 5.41) is 0. The molecule has 0 spiro atoms. The second-order valence-corrected chi connectivity index (χ2v) is 5.17. The smallest absolute Gasteiger partial charge is 0.426 e. The number of fused-ring (bicyclic) bond motifs is 1. The van der Waals surface area contributed by atoms with Crippen LogP contribution >= 0.6 is 0 Å². The minimum atomic E-state index is -4.49. The van der Waals surface area contributed by atoms with Crippen LogP contribution in [0.5, 0.6) is 11.5 Å². The van der Waals surface area contributed by atoms with Crippen molar-refractivity contribution in [3.63, 3.8) is 0 Å². The van der Waals surface area contributed by atoms with Crippen LogP contribution in [0.3, 0.4) is 0 Å². The summed E-state index contributed by atoms with van der Waals surface area (Å²) in [6.07, 6.45) is -5.88. The molecule has 1 heterocycles. The number of ether oxygens (including phenoxy) is 2. The fraction of sp³-hybridized carbons (Fsp3) is 0.538. The second-order valence-electron chi connectivity index (χ2n) is 5.17. The highest BCUT2D eigenvalue weighted by molar-refractivity contribution is 5.50.